The maximum atomic E-state index is 12.3. The van der Waals surface area contributed by atoms with Gasteiger partial charge in [-0.25, -0.2) is 4.79 Å². The molecule has 0 saturated carbocycles. The van der Waals surface area contributed by atoms with Gasteiger partial charge in [-0.1, -0.05) is 12.1 Å². The van der Waals surface area contributed by atoms with Crippen molar-refractivity contribution in [1.29, 1.82) is 5.26 Å². The van der Waals surface area contributed by atoms with Crippen molar-refractivity contribution in [3.8, 4) is 23.3 Å². The number of methoxy groups -OCH3 is 2. The van der Waals surface area contributed by atoms with Crippen molar-refractivity contribution in [3.63, 3.8) is 0 Å². The highest BCUT2D eigenvalue weighted by molar-refractivity contribution is 5.94. The van der Waals surface area contributed by atoms with Crippen LogP contribution in [0.2, 0.25) is 0 Å². The molecule has 174 valence electrons. The Kier molecular flexibility index (Phi) is 9.24. The molecular weight excluding hydrogens is 428 g/mol. The van der Waals surface area contributed by atoms with E-state index in [0.29, 0.717) is 22.8 Å². The number of benzene rings is 2. The SMILES string of the molecule is COc1cc(C(C)=O)ccc1COc1ccc(C(=O)OCC(=O)N(C)CCC#N)cc1OC. The van der Waals surface area contributed by atoms with E-state index in [2.05, 4.69) is 0 Å². The molecule has 1 amide bonds. The second-order valence-corrected chi connectivity index (χ2v) is 7.04. The number of likely N-dealkylation sites (N-methyl/N-ethyl adjacent to an activating group) is 1. The monoisotopic (exact) mass is 454 g/mol. The Morgan fingerprint density at radius 2 is 1.64 bits per heavy atom. The number of rotatable bonds is 11. The summed E-state index contributed by atoms with van der Waals surface area (Å²) in [6.07, 6.45) is 0.196. The lowest BCUT2D eigenvalue weighted by Gasteiger charge is -2.16. The lowest BCUT2D eigenvalue weighted by molar-refractivity contribution is -0.133. The van der Waals surface area contributed by atoms with Gasteiger partial charge in [-0.2, -0.15) is 5.26 Å². The van der Waals surface area contributed by atoms with Gasteiger partial charge in [0.05, 0.1) is 32.3 Å². The summed E-state index contributed by atoms with van der Waals surface area (Å²) in [5.74, 6) is 0.0469. The van der Waals surface area contributed by atoms with Crippen molar-refractivity contribution < 1.29 is 33.3 Å². The Morgan fingerprint density at radius 3 is 2.27 bits per heavy atom. The number of ether oxygens (including phenoxy) is 4. The fourth-order valence-electron chi connectivity index (χ4n) is 2.82. The Hall–Kier alpha value is -4.06. The molecule has 33 heavy (non-hydrogen) atoms. The molecule has 9 heteroatoms. The van der Waals surface area contributed by atoms with Crippen LogP contribution >= 0.6 is 0 Å². The molecule has 9 nitrogen and oxygen atoms in total. The van der Waals surface area contributed by atoms with E-state index in [4.69, 9.17) is 24.2 Å². The normalized spacial score (nSPS) is 10.0. The van der Waals surface area contributed by atoms with Crippen LogP contribution in [-0.4, -0.2) is 57.0 Å². The zero-order valence-corrected chi connectivity index (χ0v) is 19.0. The van der Waals surface area contributed by atoms with Gasteiger partial charge in [0.1, 0.15) is 12.4 Å². The lowest BCUT2D eigenvalue weighted by Crippen LogP contribution is -2.31. The molecule has 0 unspecified atom stereocenters. The van der Waals surface area contributed by atoms with E-state index in [9.17, 15) is 14.4 Å². The van der Waals surface area contributed by atoms with Gasteiger partial charge in [-0.3, -0.25) is 9.59 Å². The van der Waals surface area contributed by atoms with Gasteiger partial charge in [-0.15, -0.1) is 0 Å². The van der Waals surface area contributed by atoms with E-state index in [0.717, 1.165) is 5.56 Å². The Balaban J connectivity index is 2.05. The Morgan fingerprint density at radius 1 is 0.970 bits per heavy atom. The van der Waals surface area contributed by atoms with Gasteiger partial charge in [0.25, 0.3) is 5.91 Å². The first-order valence-corrected chi connectivity index (χ1v) is 10.1. The van der Waals surface area contributed by atoms with Crippen LogP contribution in [0.4, 0.5) is 0 Å². The van der Waals surface area contributed by atoms with E-state index in [-0.39, 0.29) is 30.9 Å². The van der Waals surface area contributed by atoms with Crippen LogP contribution in [0.3, 0.4) is 0 Å². The molecule has 2 aromatic rings. The van der Waals surface area contributed by atoms with Crippen LogP contribution in [0, 0.1) is 11.3 Å². The summed E-state index contributed by atoms with van der Waals surface area (Å²) in [5, 5.41) is 8.58. The van der Waals surface area contributed by atoms with Gasteiger partial charge in [-0.05, 0) is 31.2 Å². The van der Waals surface area contributed by atoms with Crippen molar-refractivity contribution in [1.82, 2.24) is 4.90 Å². The van der Waals surface area contributed by atoms with E-state index in [1.54, 1.807) is 24.3 Å². The minimum Gasteiger partial charge on any atom is -0.496 e. The molecule has 2 aromatic carbocycles. The number of nitriles is 1. The molecule has 0 aliphatic rings. The quantitative estimate of drug-likeness (QED) is 0.376. The maximum Gasteiger partial charge on any atom is 0.338 e. The smallest absolute Gasteiger partial charge is 0.338 e. The topological polar surface area (TPSA) is 115 Å². The van der Waals surface area contributed by atoms with Crippen molar-refractivity contribution in [2.75, 3.05) is 34.4 Å². The molecule has 0 radical (unpaired) electrons. The number of nitrogens with zero attached hydrogens (tertiary/aromatic N) is 2. The van der Waals surface area contributed by atoms with Crippen LogP contribution in [0.1, 0.15) is 39.6 Å². The first-order valence-electron chi connectivity index (χ1n) is 10.1. The number of esters is 1. The molecule has 0 fully saturated rings. The van der Waals surface area contributed by atoms with Crippen LogP contribution in [0.15, 0.2) is 36.4 Å². The summed E-state index contributed by atoms with van der Waals surface area (Å²) >= 11 is 0. The number of ketones is 1. The summed E-state index contributed by atoms with van der Waals surface area (Å²) in [4.78, 5) is 37.2. The minimum absolute atomic E-state index is 0.0691. The second-order valence-electron chi connectivity index (χ2n) is 7.04. The third-order valence-electron chi connectivity index (χ3n) is 4.79. The number of Topliss-reactive ketones (excluding diaryl/α,β-unsaturated/α-hetero) is 1. The average Bonchev–Trinajstić information content (AvgIpc) is 2.83. The molecule has 0 aliphatic heterocycles. The summed E-state index contributed by atoms with van der Waals surface area (Å²) < 4.78 is 21.6. The predicted molar refractivity (Wildman–Crippen MR) is 118 cm³/mol. The van der Waals surface area contributed by atoms with Crippen molar-refractivity contribution in [3.05, 3.63) is 53.1 Å². The van der Waals surface area contributed by atoms with Gasteiger partial charge in [0.15, 0.2) is 23.9 Å². The van der Waals surface area contributed by atoms with Gasteiger partial charge < -0.3 is 23.8 Å². The molecule has 0 bridgehead atoms. The van der Waals surface area contributed by atoms with Crippen molar-refractivity contribution in [2.45, 2.75) is 20.0 Å². The zero-order valence-electron chi connectivity index (χ0n) is 19.0. The largest absolute Gasteiger partial charge is 0.496 e. The number of amides is 1. The van der Waals surface area contributed by atoms with Gasteiger partial charge in [0.2, 0.25) is 0 Å². The van der Waals surface area contributed by atoms with E-state index in [1.807, 2.05) is 6.07 Å². The van der Waals surface area contributed by atoms with Crippen LogP contribution < -0.4 is 14.2 Å². The van der Waals surface area contributed by atoms with E-state index >= 15 is 0 Å². The predicted octanol–water partition coefficient (Wildman–Crippen LogP) is 3.01. The van der Waals surface area contributed by atoms with Crippen molar-refractivity contribution >= 4 is 17.7 Å². The maximum absolute atomic E-state index is 12.3. The lowest BCUT2D eigenvalue weighted by atomic mass is 10.1. The summed E-state index contributed by atoms with van der Waals surface area (Å²) in [7, 11) is 4.48. The van der Waals surface area contributed by atoms with Gasteiger partial charge >= 0.3 is 5.97 Å². The molecule has 0 saturated heterocycles. The number of carbonyl (C=O) groups is 3. The molecular formula is C24H26N2O7. The first-order chi connectivity index (χ1) is 15.8. The van der Waals surface area contributed by atoms with Crippen LogP contribution in [0.25, 0.3) is 0 Å². The highest BCUT2D eigenvalue weighted by Gasteiger charge is 2.16. The third kappa shape index (κ3) is 6.97. The van der Waals surface area contributed by atoms with Crippen LogP contribution in [0.5, 0.6) is 17.2 Å². The molecule has 0 aliphatic carbocycles. The second kappa shape index (κ2) is 12.1. The van der Waals surface area contributed by atoms with Crippen LogP contribution in [-0.2, 0) is 16.1 Å². The van der Waals surface area contributed by atoms with Gasteiger partial charge in [0, 0.05) is 24.7 Å². The molecule has 0 N–H and O–H groups in total. The minimum atomic E-state index is -0.691. The highest BCUT2D eigenvalue weighted by Crippen LogP contribution is 2.30. The molecule has 0 heterocycles. The number of hydrogen-bond donors (Lipinski definition) is 0. The standard InChI is InChI=1S/C24H26N2O7/c1-16(27)17-6-7-19(21(12-17)30-3)14-32-20-9-8-18(13-22(20)31-4)24(29)33-15-23(28)26(2)11-5-10-25/h6-9,12-13H,5,11,14-15H2,1-4H3. The number of hydrogen-bond acceptors (Lipinski definition) is 8. The van der Waals surface area contributed by atoms with Crippen molar-refractivity contribution in [2.24, 2.45) is 0 Å². The fourth-order valence-corrected chi connectivity index (χ4v) is 2.82. The van der Waals surface area contributed by atoms with E-state index < -0.39 is 18.5 Å². The molecule has 2 rings (SSSR count). The number of carbonyl (C=O) groups excluding carboxylic acids is 3. The summed E-state index contributed by atoms with van der Waals surface area (Å²) in [6.45, 7) is 1.45. The average molecular weight is 454 g/mol. The van der Waals surface area contributed by atoms with E-state index in [1.165, 1.54) is 45.2 Å². The first kappa shape index (κ1) is 25.2. The summed E-state index contributed by atoms with van der Waals surface area (Å²) in [5.41, 5.74) is 1.45. The Labute approximate surface area is 192 Å². The molecule has 0 spiro atoms. The zero-order chi connectivity index (χ0) is 24.4. The molecule has 0 aromatic heterocycles. The highest BCUT2D eigenvalue weighted by atomic mass is 16.5. The summed E-state index contributed by atoms with van der Waals surface area (Å²) in [6, 6.07) is 11.6. The fraction of sp³-hybridized carbons (Fsp3) is 0.333. The Bertz CT molecular complexity index is 1060. The third-order valence-corrected chi connectivity index (χ3v) is 4.79. The molecule has 0 atom stereocenters.